The van der Waals surface area contributed by atoms with Crippen molar-refractivity contribution < 1.29 is 4.42 Å². The second kappa shape index (κ2) is 7.03. The topological polar surface area (TPSA) is 13.1 Å². The first-order valence-electron chi connectivity index (χ1n) is 6.89. The summed E-state index contributed by atoms with van der Waals surface area (Å²) in [6, 6.07) is 17.9. The van der Waals surface area contributed by atoms with Gasteiger partial charge in [-0.2, -0.15) is 0 Å². The van der Waals surface area contributed by atoms with Crippen LogP contribution in [0.1, 0.15) is 5.56 Å². The monoisotopic (exact) mass is 438 g/mol. The molecule has 0 amide bonds. The van der Waals surface area contributed by atoms with E-state index in [0.29, 0.717) is 0 Å². The van der Waals surface area contributed by atoms with E-state index in [-0.39, 0.29) is 0 Å². The minimum Gasteiger partial charge on any atom is -0.455 e. The van der Waals surface area contributed by atoms with Gasteiger partial charge in [0.25, 0.3) is 0 Å². The fourth-order valence-corrected chi connectivity index (χ4v) is 3.58. The lowest BCUT2D eigenvalue weighted by atomic mass is 10.1. The van der Waals surface area contributed by atoms with E-state index < -0.39 is 0 Å². The molecule has 0 radical (unpaired) electrons. The number of furan rings is 1. The van der Waals surface area contributed by atoms with Gasteiger partial charge in [0, 0.05) is 27.0 Å². The average Bonchev–Trinajstić information content (AvgIpc) is 2.87. The van der Waals surface area contributed by atoms with Crippen molar-refractivity contribution in [3.8, 4) is 22.6 Å². The van der Waals surface area contributed by atoms with Crippen LogP contribution in [0.3, 0.4) is 0 Å². The molecule has 0 aliphatic rings. The standard InChI is InChI=1S/C18H13Br2ClO/c19-11-10-15-16(20)18(12-4-2-1-3-5-12)22-17(15)13-6-8-14(21)9-7-13/h1-9H,10-11H2. The molecule has 0 spiro atoms. The van der Waals surface area contributed by atoms with Gasteiger partial charge in [-0.3, -0.25) is 0 Å². The predicted molar refractivity (Wildman–Crippen MR) is 99.8 cm³/mol. The number of rotatable bonds is 4. The Bertz CT molecular complexity index is 764. The zero-order valence-electron chi connectivity index (χ0n) is 11.7. The number of halogens is 3. The van der Waals surface area contributed by atoms with Crippen LogP contribution in [-0.2, 0) is 6.42 Å². The maximum atomic E-state index is 6.20. The molecule has 22 heavy (non-hydrogen) atoms. The number of alkyl halides is 1. The van der Waals surface area contributed by atoms with Crippen molar-refractivity contribution in [3.05, 3.63) is 69.7 Å². The molecular weight excluding hydrogens is 427 g/mol. The van der Waals surface area contributed by atoms with Crippen LogP contribution in [-0.4, -0.2) is 5.33 Å². The van der Waals surface area contributed by atoms with Crippen LogP contribution in [0.15, 0.2) is 63.5 Å². The first-order chi connectivity index (χ1) is 10.7. The second-order valence-electron chi connectivity index (χ2n) is 4.86. The van der Waals surface area contributed by atoms with Gasteiger partial charge in [-0.1, -0.05) is 57.9 Å². The maximum absolute atomic E-state index is 6.20. The molecule has 2 aromatic carbocycles. The summed E-state index contributed by atoms with van der Waals surface area (Å²) < 4.78 is 7.22. The molecule has 1 aromatic heterocycles. The number of benzene rings is 2. The molecular formula is C18H13Br2ClO. The molecule has 0 unspecified atom stereocenters. The minimum atomic E-state index is 0.722. The van der Waals surface area contributed by atoms with Crippen molar-refractivity contribution in [3.63, 3.8) is 0 Å². The highest BCUT2D eigenvalue weighted by Crippen LogP contribution is 2.41. The lowest BCUT2D eigenvalue weighted by Gasteiger charge is -2.01. The Morgan fingerprint density at radius 3 is 2.14 bits per heavy atom. The summed E-state index contributed by atoms with van der Waals surface area (Å²) in [6.45, 7) is 0. The summed E-state index contributed by atoms with van der Waals surface area (Å²) in [5, 5.41) is 1.60. The minimum absolute atomic E-state index is 0.722. The van der Waals surface area contributed by atoms with Crippen LogP contribution in [0.4, 0.5) is 0 Å². The van der Waals surface area contributed by atoms with Crippen molar-refractivity contribution >= 4 is 43.5 Å². The molecule has 3 rings (SSSR count). The lowest BCUT2D eigenvalue weighted by Crippen LogP contribution is -1.88. The van der Waals surface area contributed by atoms with E-state index in [2.05, 4.69) is 31.9 Å². The summed E-state index contributed by atoms with van der Waals surface area (Å²) in [4.78, 5) is 0. The van der Waals surface area contributed by atoms with Gasteiger partial charge < -0.3 is 4.42 Å². The Kier molecular flexibility index (Phi) is 5.07. The molecule has 1 nitrogen and oxygen atoms in total. The largest absolute Gasteiger partial charge is 0.455 e. The van der Waals surface area contributed by atoms with Gasteiger partial charge in [-0.15, -0.1) is 0 Å². The second-order valence-corrected chi connectivity index (χ2v) is 6.89. The zero-order valence-corrected chi connectivity index (χ0v) is 15.6. The van der Waals surface area contributed by atoms with Gasteiger partial charge in [0.2, 0.25) is 0 Å². The van der Waals surface area contributed by atoms with Gasteiger partial charge in [0.05, 0.1) is 4.47 Å². The van der Waals surface area contributed by atoms with E-state index in [1.807, 2.05) is 54.6 Å². The van der Waals surface area contributed by atoms with E-state index in [4.69, 9.17) is 16.0 Å². The van der Waals surface area contributed by atoms with Crippen LogP contribution >= 0.6 is 43.5 Å². The van der Waals surface area contributed by atoms with E-state index in [0.717, 1.165) is 49.5 Å². The summed E-state index contributed by atoms with van der Waals surface area (Å²) in [7, 11) is 0. The quantitative estimate of drug-likeness (QED) is 0.400. The van der Waals surface area contributed by atoms with Crippen molar-refractivity contribution in [2.24, 2.45) is 0 Å². The van der Waals surface area contributed by atoms with Crippen molar-refractivity contribution in [1.29, 1.82) is 0 Å². The fourth-order valence-electron chi connectivity index (χ4n) is 2.37. The molecule has 0 fully saturated rings. The van der Waals surface area contributed by atoms with Gasteiger partial charge >= 0.3 is 0 Å². The Morgan fingerprint density at radius 1 is 0.864 bits per heavy atom. The van der Waals surface area contributed by atoms with E-state index in [1.165, 1.54) is 0 Å². The number of hydrogen-bond acceptors (Lipinski definition) is 1. The highest BCUT2D eigenvalue weighted by Gasteiger charge is 2.20. The van der Waals surface area contributed by atoms with E-state index in [1.54, 1.807) is 0 Å². The van der Waals surface area contributed by atoms with E-state index >= 15 is 0 Å². The molecule has 0 saturated heterocycles. The first kappa shape index (κ1) is 15.9. The van der Waals surface area contributed by atoms with Gasteiger partial charge in [-0.25, -0.2) is 0 Å². The van der Waals surface area contributed by atoms with Crippen LogP contribution < -0.4 is 0 Å². The van der Waals surface area contributed by atoms with Crippen LogP contribution in [0, 0.1) is 0 Å². The molecule has 0 atom stereocenters. The molecule has 0 N–H and O–H groups in total. The Balaban J connectivity index is 2.15. The average molecular weight is 441 g/mol. The van der Waals surface area contributed by atoms with Crippen molar-refractivity contribution in [2.45, 2.75) is 6.42 Å². The highest BCUT2D eigenvalue weighted by atomic mass is 79.9. The molecule has 4 heteroatoms. The van der Waals surface area contributed by atoms with Crippen molar-refractivity contribution in [2.75, 3.05) is 5.33 Å². The first-order valence-corrected chi connectivity index (χ1v) is 9.18. The Hall–Kier alpha value is -1.03. The third-order valence-electron chi connectivity index (χ3n) is 3.43. The van der Waals surface area contributed by atoms with Crippen LogP contribution in [0.5, 0.6) is 0 Å². The van der Waals surface area contributed by atoms with Crippen LogP contribution in [0.25, 0.3) is 22.6 Å². The maximum Gasteiger partial charge on any atom is 0.149 e. The lowest BCUT2D eigenvalue weighted by molar-refractivity contribution is 0.593. The Morgan fingerprint density at radius 2 is 1.50 bits per heavy atom. The molecule has 0 saturated carbocycles. The Labute approximate surface area is 151 Å². The van der Waals surface area contributed by atoms with Crippen LogP contribution in [0.2, 0.25) is 5.02 Å². The van der Waals surface area contributed by atoms with Gasteiger partial charge in [-0.05, 0) is 46.6 Å². The number of hydrogen-bond donors (Lipinski definition) is 0. The predicted octanol–water partition coefficient (Wildman–Crippen LogP) is 6.97. The molecule has 0 aliphatic heterocycles. The van der Waals surface area contributed by atoms with Crippen molar-refractivity contribution in [1.82, 2.24) is 0 Å². The molecule has 112 valence electrons. The SMILES string of the molecule is Clc1ccc(-c2oc(-c3ccccc3)c(Br)c2CCBr)cc1. The fraction of sp³-hybridized carbons (Fsp3) is 0.111. The molecule has 0 bridgehead atoms. The summed E-state index contributed by atoms with van der Waals surface area (Å²) >= 11 is 13.2. The highest BCUT2D eigenvalue weighted by molar-refractivity contribution is 9.10. The molecule has 3 aromatic rings. The molecule has 1 heterocycles. The smallest absolute Gasteiger partial charge is 0.149 e. The normalized spacial score (nSPS) is 10.9. The summed E-state index contributed by atoms with van der Waals surface area (Å²) in [5.74, 6) is 1.75. The zero-order chi connectivity index (χ0) is 15.5. The van der Waals surface area contributed by atoms with Gasteiger partial charge in [0.1, 0.15) is 11.5 Å². The molecule has 0 aliphatic carbocycles. The third-order valence-corrected chi connectivity index (χ3v) is 4.92. The third kappa shape index (κ3) is 3.17. The van der Waals surface area contributed by atoms with E-state index in [9.17, 15) is 0 Å². The summed E-state index contributed by atoms with van der Waals surface area (Å²) in [5.41, 5.74) is 3.26. The summed E-state index contributed by atoms with van der Waals surface area (Å²) in [6.07, 6.45) is 0.884. The van der Waals surface area contributed by atoms with Gasteiger partial charge in [0.15, 0.2) is 0 Å².